The van der Waals surface area contributed by atoms with Crippen molar-refractivity contribution in [2.24, 2.45) is 0 Å². The monoisotopic (exact) mass is 424 g/mol. The van der Waals surface area contributed by atoms with E-state index in [4.69, 9.17) is 18.3 Å². The highest BCUT2D eigenvalue weighted by atomic mass is 127. The molecule has 0 N–H and O–H groups in total. The van der Waals surface area contributed by atoms with Gasteiger partial charge in [0, 0.05) is 14.3 Å². The third kappa shape index (κ3) is 1.79. The molecule has 0 radical (unpaired) electrons. The van der Waals surface area contributed by atoms with Crippen molar-refractivity contribution in [3.8, 4) is 11.5 Å². The first-order valence-corrected chi connectivity index (χ1v) is 7.71. The SMILES string of the molecule is COc1ccc2c(=O)oc3c(OC)cc(I)c4c(=O)oc1c2c34. The first-order chi connectivity index (χ1) is 11.1. The molecule has 4 rings (SSSR count). The van der Waals surface area contributed by atoms with Crippen LogP contribution < -0.4 is 20.7 Å². The van der Waals surface area contributed by atoms with Crippen LogP contribution in [-0.2, 0) is 0 Å². The zero-order valence-electron chi connectivity index (χ0n) is 12.1. The maximum absolute atomic E-state index is 12.4. The number of rotatable bonds is 2. The first kappa shape index (κ1) is 14.3. The van der Waals surface area contributed by atoms with Gasteiger partial charge in [0.25, 0.3) is 0 Å². The van der Waals surface area contributed by atoms with Crippen LogP contribution in [0.5, 0.6) is 11.5 Å². The van der Waals surface area contributed by atoms with Gasteiger partial charge < -0.3 is 18.3 Å². The predicted octanol–water partition coefficient (Wildman–Crippen LogP) is 3.11. The number of benzene rings is 2. The topological polar surface area (TPSA) is 78.9 Å². The minimum Gasteiger partial charge on any atom is -0.493 e. The Hall–Kier alpha value is -2.29. The molecule has 2 aromatic carbocycles. The van der Waals surface area contributed by atoms with E-state index in [9.17, 15) is 9.59 Å². The van der Waals surface area contributed by atoms with Crippen LogP contribution >= 0.6 is 22.6 Å². The number of methoxy groups -OCH3 is 2. The van der Waals surface area contributed by atoms with Gasteiger partial charge in [-0.2, -0.15) is 0 Å². The van der Waals surface area contributed by atoms with E-state index in [2.05, 4.69) is 0 Å². The fraction of sp³-hybridized carbons (Fsp3) is 0.125. The normalized spacial score (nSPS) is 11.6. The summed E-state index contributed by atoms with van der Waals surface area (Å²) in [5, 5.41) is 1.69. The summed E-state index contributed by atoms with van der Waals surface area (Å²) in [7, 11) is 2.95. The van der Waals surface area contributed by atoms with Gasteiger partial charge in [0.2, 0.25) is 0 Å². The van der Waals surface area contributed by atoms with Crippen molar-refractivity contribution in [1.29, 1.82) is 0 Å². The van der Waals surface area contributed by atoms with Crippen LogP contribution in [0, 0.1) is 3.57 Å². The van der Waals surface area contributed by atoms with E-state index >= 15 is 0 Å². The highest BCUT2D eigenvalue weighted by Gasteiger charge is 2.23. The van der Waals surface area contributed by atoms with Crippen LogP contribution in [0.25, 0.3) is 32.7 Å². The van der Waals surface area contributed by atoms with Gasteiger partial charge in [-0.1, -0.05) is 0 Å². The van der Waals surface area contributed by atoms with Gasteiger partial charge in [0.1, 0.15) is 0 Å². The Morgan fingerprint density at radius 2 is 1.52 bits per heavy atom. The summed E-state index contributed by atoms with van der Waals surface area (Å²) in [6.07, 6.45) is 0. The molecule has 7 heteroatoms. The third-order valence-electron chi connectivity index (χ3n) is 3.82. The Balaban J connectivity index is 2.49. The van der Waals surface area contributed by atoms with Crippen molar-refractivity contribution in [3.63, 3.8) is 0 Å². The number of hydrogen-bond donors (Lipinski definition) is 0. The maximum atomic E-state index is 12.4. The van der Waals surface area contributed by atoms with E-state index in [-0.39, 0.29) is 11.2 Å². The molecule has 0 unspecified atom stereocenters. The molecular weight excluding hydrogens is 415 g/mol. The Kier molecular flexibility index (Phi) is 3.02. The van der Waals surface area contributed by atoms with Crippen LogP contribution in [0.15, 0.2) is 36.6 Å². The van der Waals surface area contributed by atoms with Gasteiger partial charge in [-0.25, -0.2) is 9.59 Å². The summed E-state index contributed by atoms with van der Waals surface area (Å²) in [6, 6.07) is 4.81. The molecule has 0 aliphatic rings. The molecule has 0 aliphatic carbocycles. The zero-order valence-corrected chi connectivity index (χ0v) is 14.2. The molecule has 0 atom stereocenters. The quantitative estimate of drug-likeness (QED) is 0.280. The molecule has 4 aromatic rings. The summed E-state index contributed by atoms with van der Waals surface area (Å²) >= 11 is 2.03. The largest absolute Gasteiger partial charge is 0.493 e. The number of hydrogen-bond acceptors (Lipinski definition) is 6. The molecule has 0 saturated heterocycles. The van der Waals surface area contributed by atoms with E-state index in [1.807, 2.05) is 22.6 Å². The summed E-state index contributed by atoms with van der Waals surface area (Å²) in [5.74, 6) is 0.761. The lowest BCUT2D eigenvalue weighted by Crippen LogP contribution is -2.09. The van der Waals surface area contributed by atoms with E-state index in [0.717, 1.165) is 0 Å². The smallest absolute Gasteiger partial charge is 0.345 e. The van der Waals surface area contributed by atoms with Crippen molar-refractivity contribution < 1.29 is 18.3 Å². The Morgan fingerprint density at radius 3 is 2.22 bits per heavy atom. The Bertz CT molecular complexity index is 1190. The minimum absolute atomic E-state index is 0.226. The molecule has 0 aliphatic heterocycles. The summed E-state index contributed by atoms with van der Waals surface area (Å²) in [5.41, 5.74) is -0.593. The Labute approximate surface area is 142 Å². The van der Waals surface area contributed by atoms with Crippen molar-refractivity contribution in [2.75, 3.05) is 14.2 Å². The molecule has 0 saturated carbocycles. The molecule has 2 aromatic heterocycles. The zero-order chi connectivity index (χ0) is 16.3. The predicted molar refractivity (Wildman–Crippen MR) is 93.0 cm³/mol. The van der Waals surface area contributed by atoms with Crippen LogP contribution in [-0.4, -0.2) is 14.2 Å². The average Bonchev–Trinajstić information content (AvgIpc) is 2.54. The van der Waals surface area contributed by atoms with Crippen molar-refractivity contribution >= 4 is 55.3 Å². The van der Waals surface area contributed by atoms with Gasteiger partial charge in [-0.05, 0) is 40.8 Å². The molecule has 0 amide bonds. The van der Waals surface area contributed by atoms with E-state index < -0.39 is 11.3 Å². The van der Waals surface area contributed by atoms with Gasteiger partial charge in [0.15, 0.2) is 22.7 Å². The number of halogens is 1. The minimum atomic E-state index is -0.528. The molecule has 116 valence electrons. The second-order valence-corrected chi connectivity index (χ2v) is 6.10. The highest BCUT2D eigenvalue weighted by Crippen LogP contribution is 2.40. The summed E-state index contributed by atoms with van der Waals surface area (Å²) in [6.45, 7) is 0. The maximum Gasteiger partial charge on any atom is 0.345 e. The molecular formula is C16H9IO6. The standard InChI is InChI=1S/C16H9IO6/c1-20-8-4-3-6-10-12-11(16(19)23-13(8)10)7(17)5-9(21-2)14(12)22-15(6)18/h3-5H,1-2H3. The lowest BCUT2D eigenvalue weighted by atomic mass is 10.0. The Morgan fingerprint density at radius 1 is 0.870 bits per heavy atom. The fourth-order valence-corrected chi connectivity index (χ4v) is 3.61. The van der Waals surface area contributed by atoms with Gasteiger partial charge in [0.05, 0.1) is 25.0 Å². The molecule has 23 heavy (non-hydrogen) atoms. The van der Waals surface area contributed by atoms with Gasteiger partial charge in [-0.3, -0.25) is 0 Å². The fourth-order valence-electron chi connectivity index (χ4n) is 2.84. The second kappa shape index (κ2) is 4.85. The van der Waals surface area contributed by atoms with Crippen molar-refractivity contribution in [1.82, 2.24) is 0 Å². The van der Waals surface area contributed by atoms with E-state index in [1.54, 1.807) is 18.2 Å². The van der Waals surface area contributed by atoms with Crippen LogP contribution in [0.4, 0.5) is 0 Å². The lowest BCUT2D eigenvalue weighted by Gasteiger charge is -2.13. The molecule has 6 nitrogen and oxygen atoms in total. The average molecular weight is 424 g/mol. The summed E-state index contributed by atoms with van der Waals surface area (Å²) in [4.78, 5) is 24.8. The van der Waals surface area contributed by atoms with Crippen molar-refractivity contribution in [2.45, 2.75) is 0 Å². The van der Waals surface area contributed by atoms with Crippen LogP contribution in [0.1, 0.15) is 0 Å². The molecule has 0 bridgehead atoms. The third-order valence-corrected chi connectivity index (χ3v) is 4.67. The highest BCUT2D eigenvalue weighted by molar-refractivity contribution is 14.1. The second-order valence-electron chi connectivity index (χ2n) is 4.94. The van der Waals surface area contributed by atoms with Gasteiger partial charge in [-0.15, -0.1) is 0 Å². The molecule has 0 spiro atoms. The van der Waals surface area contributed by atoms with Gasteiger partial charge >= 0.3 is 11.3 Å². The van der Waals surface area contributed by atoms with Crippen molar-refractivity contribution in [3.05, 3.63) is 42.6 Å². The molecule has 2 heterocycles. The van der Waals surface area contributed by atoms with Crippen LogP contribution in [0.3, 0.4) is 0 Å². The molecule has 0 fully saturated rings. The van der Waals surface area contributed by atoms with E-state index in [0.29, 0.717) is 36.6 Å². The van der Waals surface area contributed by atoms with E-state index in [1.165, 1.54) is 14.2 Å². The summed E-state index contributed by atoms with van der Waals surface area (Å²) < 4.78 is 22.1. The van der Waals surface area contributed by atoms with Crippen LogP contribution in [0.2, 0.25) is 0 Å². The lowest BCUT2D eigenvalue weighted by molar-refractivity contribution is 0.405. The first-order valence-electron chi connectivity index (χ1n) is 6.63. The number of ether oxygens (including phenoxy) is 2.